The average Bonchev–Trinajstić information content (AvgIpc) is 2.54. The van der Waals surface area contributed by atoms with Gasteiger partial charge in [0.05, 0.1) is 10.0 Å². The molecule has 132 valence electrons. The van der Waals surface area contributed by atoms with Gasteiger partial charge in [0.15, 0.2) is 5.75 Å². The summed E-state index contributed by atoms with van der Waals surface area (Å²) in [7, 11) is 1.74. The normalized spacial score (nSPS) is 10.4. The number of ether oxygens (including phenoxy) is 1. The molecule has 7 nitrogen and oxygen atoms in total. The van der Waals surface area contributed by atoms with Gasteiger partial charge in [0.1, 0.15) is 11.5 Å². The van der Waals surface area contributed by atoms with Gasteiger partial charge in [0, 0.05) is 17.8 Å². The third kappa shape index (κ3) is 4.76. The molecule has 0 spiro atoms. The van der Waals surface area contributed by atoms with Crippen LogP contribution in [0.4, 0.5) is 5.69 Å². The number of hydrogen-bond acceptors (Lipinski definition) is 5. The number of aliphatic carboxylic acids is 1. The first-order valence-electron chi connectivity index (χ1n) is 6.99. The number of nitrogens with one attached hydrogen (secondary N) is 2. The molecule has 0 aliphatic rings. The molecule has 0 aliphatic heterocycles. The van der Waals surface area contributed by atoms with Crippen molar-refractivity contribution in [2.24, 2.45) is 0 Å². The lowest BCUT2D eigenvalue weighted by Crippen LogP contribution is -2.21. The molecule has 2 aromatic rings. The molecule has 2 aromatic carbocycles. The Bertz CT molecular complexity index is 803. The molecule has 0 saturated carbocycles. The molecule has 0 aliphatic carbocycles. The Morgan fingerprint density at radius 1 is 1.16 bits per heavy atom. The molecule has 0 bridgehead atoms. The molecule has 0 heterocycles. The number of rotatable bonds is 5. The molecule has 0 atom stereocenters. The van der Waals surface area contributed by atoms with Gasteiger partial charge in [-0.3, -0.25) is 4.79 Å². The van der Waals surface area contributed by atoms with E-state index in [0.717, 1.165) is 0 Å². The standard InChI is InChI=1S/C16H14Cl2N2O5/c1-19-7-8-4-10(2-3-13(8)21)25-14-11(17)5-9(6-12(14)18)20-15(22)16(23)24/h2-6,19,21H,7H2,1H3,(H,20,22)(H,23,24). The third-order valence-corrected chi connectivity index (χ3v) is 3.65. The molecule has 1 amide bonds. The number of carboxylic acid groups (broad SMARTS) is 1. The van der Waals surface area contributed by atoms with Gasteiger partial charge in [-0.25, -0.2) is 4.79 Å². The number of carbonyl (C=O) groups is 2. The first-order valence-corrected chi connectivity index (χ1v) is 7.75. The van der Waals surface area contributed by atoms with Crippen LogP contribution in [0.1, 0.15) is 5.56 Å². The summed E-state index contributed by atoms with van der Waals surface area (Å²) in [6.45, 7) is 0.435. The number of halogens is 2. The monoisotopic (exact) mass is 384 g/mol. The van der Waals surface area contributed by atoms with Crippen LogP contribution < -0.4 is 15.4 Å². The summed E-state index contributed by atoms with van der Waals surface area (Å²) in [5.74, 6) is -2.19. The van der Waals surface area contributed by atoms with Gasteiger partial charge in [-0.2, -0.15) is 0 Å². The SMILES string of the molecule is CNCc1cc(Oc2c(Cl)cc(NC(=O)C(=O)O)cc2Cl)ccc1O. The highest BCUT2D eigenvalue weighted by molar-refractivity contribution is 6.39. The lowest BCUT2D eigenvalue weighted by atomic mass is 10.2. The molecule has 9 heteroatoms. The van der Waals surface area contributed by atoms with E-state index in [-0.39, 0.29) is 27.2 Å². The fourth-order valence-corrected chi connectivity index (χ4v) is 2.55. The topological polar surface area (TPSA) is 108 Å². The quantitative estimate of drug-likeness (QED) is 0.589. The number of hydrogen-bond donors (Lipinski definition) is 4. The number of anilines is 1. The minimum Gasteiger partial charge on any atom is -0.508 e. The molecule has 2 rings (SSSR count). The van der Waals surface area contributed by atoms with Gasteiger partial charge in [0.2, 0.25) is 0 Å². The van der Waals surface area contributed by atoms with Crippen LogP contribution in [-0.4, -0.2) is 29.1 Å². The number of phenols is 1. The van der Waals surface area contributed by atoms with E-state index in [4.69, 9.17) is 33.0 Å². The molecule has 0 radical (unpaired) electrons. The first kappa shape index (κ1) is 18.9. The fourth-order valence-electron chi connectivity index (χ4n) is 1.99. The van der Waals surface area contributed by atoms with Gasteiger partial charge < -0.3 is 25.6 Å². The molecule has 4 N–H and O–H groups in total. The van der Waals surface area contributed by atoms with Crippen molar-refractivity contribution in [3.05, 3.63) is 45.9 Å². The summed E-state index contributed by atoms with van der Waals surface area (Å²) in [5.41, 5.74) is 0.744. The maximum atomic E-state index is 11.2. The Balaban J connectivity index is 2.27. The molecule has 0 saturated heterocycles. The maximum Gasteiger partial charge on any atom is 0.394 e. The van der Waals surface area contributed by atoms with Gasteiger partial charge in [0.25, 0.3) is 0 Å². The predicted octanol–water partition coefficient (Wildman–Crippen LogP) is 3.23. The Hall–Kier alpha value is -2.48. The van der Waals surface area contributed by atoms with Gasteiger partial charge >= 0.3 is 11.9 Å². The molecular weight excluding hydrogens is 371 g/mol. The van der Waals surface area contributed by atoms with Crippen molar-refractivity contribution in [2.45, 2.75) is 6.54 Å². The van der Waals surface area contributed by atoms with Crippen LogP contribution in [0.2, 0.25) is 10.0 Å². The van der Waals surface area contributed by atoms with Crippen molar-refractivity contribution in [3.8, 4) is 17.2 Å². The highest BCUT2D eigenvalue weighted by Crippen LogP contribution is 2.39. The van der Waals surface area contributed by atoms with Crippen molar-refractivity contribution >= 4 is 40.8 Å². The van der Waals surface area contributed by atoms with E-state index in [1.54, 1.807) is 19.2 Å². The lowest BCUT2D eigenvalue weighted by molar-refractivity contribution is -0.147. The zero-order chi connectivity index (χ0) is 18.6. The summed E-state index contributed by atoms with van der Waals surface area (Å²) >= 11 is 12.2. The molecule has 0 unspecified atom stereocenters. The molecule has 25 heavy (non-hydrogen) atoms. The van der Waals surface area contributed by atoms with Crippen molar-refractivity contribution < 1.29 is 24.5 Å². The minimum atomic E-state index is -1.63. The Labute approximate surface area is 153 Å². The second kappa shape index (κ2) is 8.06. The second-order valence-electron chi connectivity index (χ2n) is 4.95. The van der Waals surface area contributed by atoms with E-state index < -0.39 is 11.9 Å². The van der Waals surface area contributed by atoms with Gasteiger partial charge in [-0.05, 0) is 37.4 Å². The average molecular weight is 385 g/mol. The zero-order valence-corrected chi connectivity index (χ0v) is 14.5. The maximum absolute atomic E-state index is 11.2. The summed E-state index contributed by atoms with van der Waals surface area (Å²) in [6, 6.07) is 7.28. The lowest BCUT2D eigenvalue weighted by Gasteiger charge is -2.13. The van der Waals surface area contributed by atoms with Gasteiger partial charge in [-0.1, -0.05) is 23.2 Å². The Morgan fingerprint density at radius 2 is 1.80 bits per heavy atom. The zero-order valence-electron chi connectivity index (χ0n) is 13.0. The molecule has 0 aromatic heterocycles. The van der Waals surface area contributed by atoms with Crippen LogP contribution in [0.5, 0.6) is 17.2 Å². The second-order valence-corrected chi connectivity index (χ2v) is 5.77. The number of carbonyl (C=O) groups excluding carboxylic acids is 1. The van der Waals surface area contributed by atoms with Gasteiger partial charge in [-0.15, -0.1) is 0 Å². The van der Waals surface area contributed by atoms with Crippen molar-refractivity contribution in [3.63, 3.8) is 0 Å². The minimum absolute atomic E-state index is 0.0800. The highest BCUT2D eigenvalue weighted by atomic mass is 35.5. The van der Waals surface area contributed by atoms with E-state index in [0.29, 0.717) is 17.9 Å². The number of carboxylic acids is 1. The number of aromatic hydroxyl groups is 1. The Morgan fingerprint density at radius 3 is 2.36 bits per heavy atom. The third-order valence-electron chi connectivity index (χ3n) is 3.09. The smallest absolute Gasteiger partial charge is 0.394 e. The summed E-state index contributed by atoms with van der Waals surface area (Å²) < 4.78 is 5.66. The van der Waals surface area contributed by atoms with Crippen LogP contribution in [0.25, 0.3) is 0 Å². The molecular formula is C16H14Cl2N2O5. The van der Waals surface area contributed by atoms with Crippen molar-refractivity contribution in [2.75, 3.05) is 12.4 Å². The van der Waals surface area contributed by atoms with Crippen molar-refractivity contribution in [1.29, 1.82) is 0 Å². The summed E-state index contributed by atoms with van der Waals surface area (Å²) in [5, 5.41) is 23.6. The molecule has 0 fully saturated rings. The predicted molar refractivity (Wildman–Crippen MR) is 93.7 cm³/mol. The largest absolute Gasteiger partial charge is 0.508 e. The number of amides is 1. The van der Waals surface area contributed by atoms with E-state index in [1.807, 2.05) is 0 Å². The van der Waals surface area contributed by atoms with E-state index >= 15 is 0 Å². The first-order chi connectivity index (χ1) is 11.8. The van der Waals surface area contributed by atoms with E-state index in [2.05, 4.69) is 10.6 Å². The van der Waals surface area contributed by atoms with Crippen LogP contribution in [0.15, 0.2) is 30.3 Å². The number of benzene rings is 2. The summed E-state index contributed by atoms with van der Waals surface area (Å²) in [6.07, 6.45) is 0. The van der Waals surface area contributed by atoms with Crippen LogP contribution in [-0.2, 0) is 16.1 Å². The summed E-state index contributed by atoms with van der Waals surface area (Å²) in [4.78, 5) is 21.8. The van der Waals surface area contributed by atoms with E-state index in [9.17, 15) is 14.7 Å². The fraction of sp³-hybridized carbons (Fsp3) is 0.125. The highest BCUT2D eigenvalue weighted by Gasteiger charge is 2.16. The van der Waals surface area contributed by atoms with Crippen LogP contribution in [0, 0.1) is 0 Å². The van der Waals surface area contributed by atoms with E-state index in [1.165, 1.54) is 18.2 Å². The van der Waals surface area contributed by atoms with Crippen LogP contribution >= 0.6 is 23.2 Å². The van der Waals surface area contributed by atoms with Crippen LogP contribution in [0.3, 0.4) is 0 Å². The number of phenolic OH excluding ortho intramolecular Hbond substituents is 1. The Kier molecular flexibility index (Phi) is 6.08. The van der Waals surface area contributed by atoms with Crippen molar-refractivity contribution in [1.82, 2.24) is 5.32 Å².